The number of benzene rings is 1. The third-order valence-electron chi connectivity index (χ3n) is 3.73. The Labute approximate surface area is 100 Å². The molecule has 0 radical (unpaired) electrons. The van der Waals surface area contributed by atoms with Gasteiger partial charge in [-0.2, -0.15) is 0 Å². The maximum absolute atomic E-state index is 5.76. The molecule has 0 spiro atoms. The number of hydrogen-bond donors (Lipinski definition) is 1. The highest BCUT2D eigenvalue weighted by Gasteiger charge is 2.29. The van der Waals surface area contributed by atoms with Crippen molar-refractivity contribution in [1.29, 1.82) is 0 Å². The molecule has 17 heavy (non-hydrogen) atoms. The van der Waals surface area contributed by atoms with Crippen LogP contribution in [0.4, 0.5) is 0 Å². The summed E-state index contributed by atoms with van der Waals surface area (Å²) in [6.45, 7) is 1.85. The first-order valence-electron chi connectivity index (χ1n) is 6.02. The number of fused-ring (bicyclic) bond motifs is 1. The van der Waals surface area contributed by atoms with Gasteiger partial charge in [0.15, 0.2) is 5.58 Å². The summed E-state index contributed by atoms with van der Waals surface area (Å²) in [7, 11) is 2.16. The predicted molar refractivity (Wildman–Crippen MR) is 66.5 cm³/mol. The third-order valence-corrected chi connectivity index (χ3v) is 3.73. The fraction of sp³-hybridized carbons (Fsp3) is 0.462. The second kappa shape index (κ2) is 4.13. The van der Waals surface area contributed by atoms with Crippen LogP contribution in [0.5, 0.6) is 0 Å². The van der Waals surface area contributed by atoms with Crippen molar-refractivity contribution in [2.75, 3.05) is 20.1 Å². The fourth-order valence-corrected chi connectivity index (χ4v) is 2.75. The van der Waals surface area contributed by atoms with Crippen LogP contribution >= 0.6 is 0 Å². The number of likely N-dealkylation sites (tertiary alicyclic amines) is 1. The zero-order valence-electron chi connectivity index (χ0n) is 9.97. The molecule has 2 unspecified atom stereocenters. The van der Waals surface area contributed by atoms with Gasteiger partial charge in [-0.3, -0.25) is 4.90 Å². The first-order chi connectivity index (χ1) is 8.28. The first-order valence-corrected chi connectivity index (χ1v) is 6.02. The lowest BCUT2D eigenvalue weighted by Gasteiger charge is -2.19. The van der Waals surface area contributed by atoms with Gasteiger partial charge in [-0.1, -0.05) is 11.2 Å². The highest BCUT2D eigenvalue weighted by molar-refractivity contribution is 5.76. The molecule has 0 amide bonds. The monoisotopic (exact) mass is 231 g/mol. The summed E-state index contributed by atoms with van der Waals surface area (Å²) in [6.07, 6.45) is 2.88. The van der Waals surface area contributed by atoms with Crippen molar-refractivity contribution in [1.82, 2.24) is 10.1 Å². The molecule has 1 fully saturated rings. The zero-order valence-corrected chi connectivity index (χ0v) is 9.97. The number of aromatic nitrogens is 1. The Morgan fingerprint density at radius 1 is 1.53 bits per heavy atom. The molecule has 2 heterocycles. The molecule has 1 aliphatic rings. The van der Waals surface area contributed by atoms with Crippen LogP contribution in [0, 0.1) is 5.92 Å². The van der Waals surface area contributed by atoms with Crippen molar-refractivity contribution in [3.63, 3.8) is 0 Å². The van der Waals surface area contributed by atoms with Crippen LogP contribution in [0.3, 0.4) is 0 Å². The van der Waals surface area contributed by atoms with E-state index in [0.717, 1.165) is 30.5 Å². The molecule has 3 rings (SSSR count). The Morgan fingerprint density at radius 2 is 2.41 bits per heavy atom. The van der Waals surface area contributed by atoms with Crippen LogP contribution in [0.2, 0.25) is 0 Å². The number of rotatable bonds is 2. The average Bonchev–Trinajstić information content (AvgIpc) is 2.93. The van der Waals surface area contributed by atoms with Crippen LogP contribution in [-0.4, -0.2) is 30.2 Å². The summed E-state index contributed by atoms with van der Waals surface area (Å²) in [5, 5.41) is 4.87. The fourth-order valence-electron chi connectivity index (χ4n) is 2.75. The smallest absolute Gasteiger partial charge is 0.167 e. The average molecular weight is 231 g/mol. The van der Waals surface area contributed by atoms with E-state index in [1.807, 2.05) is 0 Å². The molecule has 2 N–H and O–H groups in total. The van der Waals surface area contributed by atoms with E-state index in [2.05, 4.69) is 35.3 Å². The van der Waals surface area contributed by atoms with Crippen molar-refractivity contribution >= 4 is 11.0 Å². The Morgan fingerprint density at radius 3 is 3.18 bits per heavy atom. The Bertz CT molecular complexity index is 522. The third kappa shape index (κ3) is 1.83. The van der Waals surface area contributed by atoms with Crippen molar-refractivity contribution in [2.45, 2.75) is 12.5 Å². The Balaban J connectivity index is 1.92. The molecule has 90 valence electrons. The molecule has 4 nitrogen and oxygen atoms in total. The van der Waals surface area contributed by atoms with Crippen molar-refractivity contribution in [3.05, 3.63) is 30.0 Å². The van der Waals surface area contributed by atoms with E-state index < -0.39 is 0 Å². The molecule has 0 saturated carbocycles. The van der Waals surface area contributed by atoms with Crippen LogP contribution in [0.1, 0.15) is 18.0 Å². The molecule has 4 heteroatoms. The van der Waals surface area contributed by atoms with E-state index in [4.69, 9.17) is 10.3 Å². The lowest BCUT2D eigenvalue weighted by atomic mass is 9.99. The summed E-state index contributed by atoms with van der Waals surface area (Å²) in [5.74, 6) is 0.607. The standard InChI is InChI=1S/C13H17N3O/c1-16-8-9(6-14)4-12(16)10-2-3-11-7-15-17-13(11)5-10/h2-3,5,7,9,12H,4,6,8,14H2,1H3. The maximum atomic E-state index is 5.76. The molecule has 2 aromatic rings. The highest BCUT2D eigenvalue weighted by atomic mass is 16.5. The summed E-state index contributed by atoms with van der Waals surface area (Å²) >= 11 is 0. The SMILES string of the molecule is CN1CC(CN)CC1c1ccc2cnoc2c1. The highest BCUT2D eigenvalue weighted by Crippen LogP contribution is 2.34. The molecule has 1 saturated heterocycles. The lowest BCUT2D eigenvalue weighted by Crippen LogP contribution is -2.20. The van der Waals surface area contributed by atoms with Crippen molar-refractivity contribution in [2.24, 2.45) is 11.7 Å². The number of nitrogens with zero attached hydrogens (tertiary/aromatic N) is 2. The zero-order chi connectivity index (χ0) is 11.8. The van der Waals surface area contributed by atoms with Gasteiger partial charge in [-0.15, -0.1) is 0 Å². The second-order valence-corrected chi connectivity index (χ2v) is 4.92. The maximum Gasteiger partial charge on any atom is 0.167 e. The molecular weight excluding hydrogens is 214 g/mol. The number of nitrogens with two attached hydrogens (primary N) is 1. The van der Waals surface area contributed by atoms with Crippen LogP contribution < -0.4 is 5.73 Å². The topological polar surface area (TPSA) is 55.3 Å². The van der Waals surface area contributed by atoms with E-state index >= 15 is 0 Å². The molecule has 0 bridgehead atoms. The largest absolute Gasteiger partial charge is 0.356 e. The summed E-state index contributed by atoms with van der Waals surface area (Å²) in [4.78, 5) is 2.37. The lowest BCUT2D eigenvalue weighted by molar-refractivity contribution is 0.313. The van der Waals surface area contributed by atoms with Gasteiger partial charge in [0, 0.05) is 18.0 Å². The Kier molecular flexibility index (Phi) is 2.61. The van der Waals surface area contributed by atoms with Crippen molar-refractivity contribution < 1.29 is 4.52 Å². The van der Waals surface area contributed by atoms with E-state index in [1.165, 1.54) is 5.56 Å². The van der Waals surface area contributed by atoms with Gasteiger partial charge < -0.3 is 10.3 Å². The van der Waals surface area contributed by atoms with Crippen LogP contribution in [-0.2, 0) is 0 Å². The quantitative estimate of drug-likeness (QED) is 0.856. The van der Waals surface area contributed by atoms with Gasteiger partial charge >= 0.3 is 0 Å². The van der Waals surface area contributed by atoms with E-state index in [1.54, 1.807) is 6.20 Å². The molecule has 1 aliphatic heterocycles. The van der Waals surface area contributed by atoms with Gasteiger partial charge in [0.1, 0.15) is 0 Å². The normalized spacial score (nSPS) is 25.8. The number of hydrogen-bond acceptors (Lipinski definition) is 4. The van der Waals surface area contributed by atoms with Gasteiger partial charge in [0.25, 0.3) is 0 Å². The molecular formula is C13H17N3O. The van der Waals surface area contributed by atoms with E-state index in [-0.39, 0.29) is 0 Å². The summed E-state index contributed by atoms with van der Waals surface area (Å²) in [6, 6.07) is 6.80. The Hall–Kier alpha value is -1.39. The predicted octanol–water partition coefficient (Wildman–Crippen LogP) is 1.78. The van der Waals surface area contributed by atoms with Gasteiger partial charge in [-0.05, 0) is 43.6 Å². The summed E-state index contributed by atoms with van der Waals surface area (Å²) in [5.41, 5.74) is 7.92. The molecule has 1 aromatic carbocycles. The molecule has 0 aliphatic carbocycles. The minimum absolute atomic E-state index is 0.457. The minimum Gasteiger partial charge on any atom is -0.356 e. The van der Waals surface area contributed by atoms with Gasteiger partial charge in [-0.25, -0.2) is 0 Å². The van der Waals surface area contributed by atoms with Crippen molar-refractivity contribution in [3.8, 4) is 0 Å². The minimum atomic E-state index is 0.457. The second-order valence-electron chi connectivity index (χ2n) is 4.92. The van der Waals surface area contributed by atoms with Gasteiger partial charge in [0.05, 0.1) is 6.20 Å². The van der Waals surface area contributed by atoms with E-state index in [0.29, 0.717) is 12.0 Å². The van der Waals surface area contributed by atoms with Crippen LogP contribution in [0.15, 0.2) is 28.9 Å². The molecule has 2 atom stereocenters. The van der Waals surface area contributed by atoms with E-state index in [9.17, 15) is 0 Å². The van der Waals surface area contributed by atoms with Crippen LogP contribution in [0.25, 0.3) is 11.0 Å². The first kappa shape index (κ1) is 10.7. The summed E-state index contributed by atoms with van der Waals surface area (Å²) < 4.78 is 5.21. The van der Waals surface area contributed by atoms with Gasteiger partial charge in [0.2, 0.25) is 0 Å². The molecule has 1 aromatic heterocycles.